The summed E-state index contributed by atoms with van der Waals surface area (Å²) in [7, 11) is 0. The molecule has 26 heavy (non-hydrogen) atoms. The molecule has 0 aliphatic heterocycles. The van der Waals surface area contributed by atoms with Crippen LogP contribution in [-0.4, -0.2) is 19.5 Å². The molecule has 0 radical (unpaired) electrons. The predicted octanol–water partition coefficient (Wildman–Crippen LogP) is 4.48. The average molecular weight is 351 g/mol. The van der Waals surface area contributed by atoms with Gasteiger partial charge in [0.15, 0.2) is 11.5 Å². The van der Waals surface area contributed by atoms with Gasteiger partial charge in [-0.05, 0) is 43.4 Å². The highest BCUT2D eigenvalue weighted by Crippen LogP contribution is 2.33. The topological polar surface area (TPSA) is 69.6 Å². The van der Waals surface area contributed by atoms with E-state index in [1.54, 1.807) is 0 Å². The summed E-state index contributed by atoms with van der Waals surface area (Å²) in [4.78, 5) is 13.5. The largest absolute Gasteiger partial charge is 0.382 e. The highest BCUT2D eigenvalue weighted by atomic mass is 15.2. The molecule has 0 amide bonds. The first-order chi connectivity index (χ1) is 12.7. The second kappa shape index (κ2) is 7.65. The summed E-state index contributed by atoms with van der Waals surface area (Å²) in [6.45, 7) is 2.30. The van der Waals surface area contributed by atoms with Crippen LogP contribution in [-0.2, 0) is 0 Å². The van der Waals surface area contributed by atoms with E-state index in [9.17, 15) is 0 Å². The lowest BCUT2D eigenvalue weighted by Gasteiger charge is -2.26. The molecule has 0 saturated heterocycles. The second-order valence-electron chi connectivity index (χ2n) is 8.00. The van der Waals surface area contributed by atoms with Gasteiger partial charge in [-0.1, -0.05) is 44.9 Å². The number of rotatable bonds is 3. The number of nitrogens with two attached hydrogens (primary N) is 1. The number of hydrogen-bond donors (Lipinski definition) is 1. The van der Waals surface area contributed by atoms with Crippen molar-refractivity contribution in [3.63, 3.8) is 0 Å². The van der Waals surface area contributed by atoms with Crippen molar-refractivity contribution < 1.29 is 0 Å². The first kappa shape index (κ1) is 17.3. The lowest BCUT2D eigenvalue weighted by molar-refractivity contribution is 0.273. The van der Waals surface area contributed by atoms with Crippen LogP contribution in [0.3, 0.4) is 0 Å². The molecule has 2 saturated carbocycles. The van der Waals surface area contributed by atoms with E-state index in [1.165, 1.54) is 57.8 Å². The average Bonchev–Trinajstić information content (AvgIpc) is 3.31. The van der Waals surface area contributed by atoms with Crippen molar-refractivity contribution in [3.8, 4) is 11.8 Å². The van der Waals surface area contributed by atoms with E-state index in [4.69, 9.17) is 5.73 Å². The predicted molar refractivity (Wildman–Crippen MR) is 104 cm³/mol. The van der Waals surface area contributed by atoms with Crippen molar-refractivity contribution >= 4 is 17.0 Å². The van der Waals surface area contributed by atoms with Gasteiger partial charge in [0.25, 0.3) is 0 Å². The molecule has 4 rings (SSSR count). The third-order valence-electron chi connectivity index (χ3n) is 6.30. The molecular formula is C21H29N5. The smallest absolute Gasteiger partial charge is 0.208 e. The number of imidazole rings is 1. The Morgan fingerprint density at radius 3 is 2.54 bits per heavy atom. The highest BCUT2D eigenvalue weighted by molar-refractivity contribution is 5.82. The van der Waals surface area contributed by atoms with E-state index < -0.39 is 0 Å². The molecule has 0 bridgehead atoms. The maximum Gasteiger partial charge on any atom is 0.208 e. The molecule has 2 aliphatic rings. The Labute approximate surface area is 155 Å². The summed E-state index contributed by atoms with van der Waals surface area (Å²) in [5.41, 5.74) is 7.67. The second-order valence-corrected chi connectivity index (χ2v) is 8.00. The third kappa shape index (κ3) is 3.56. The molecule has 0 atom stereocenters. The summed E-state index contributed by atoms with van der Waals surface area (Å²) < 4.78 is 2.18. The van der Waals surface area contributed by atoms with Crippen molar-refractivity contribution in [2.45, 2.75) is 77.2 Å². The Morgan fingerprint density at radius 2 is 1.81 bits per heavy atom. The van der Waals surface area contributed by atoms with Gasteiger partial charge in [-0.3, -0.25) is 0 Å². The monoisotopic (exact) mass is 351 g/mol. The van der Waals surface area contributed by atoms with Gasteiger partial charge in [0.1, 0.15) is 5.52 Å². The highest BCUT2D eigenvalue weighted by Gasteiger charge is 2.21. The van der Waals surface area contributed by atoms with Crippen molar-refractivity contribution in [1.29, 1.82) is 0 Å². The molecule has 2 aromatic rings. The van der Waals surface area contributed by atoms with Gasteiger partial charge in [0.2, 0.25) is 5.82 Å². The van der Waals surface area contributed by atoms with Crippen LogP contribution >= 0.6 is 0 Å². The van der Waals surface area contributed by atoms with Crippen LogP contribution in [0.4, 0.5) is 5.82 Å². The minimum atomic E-state index is 0.444. The maximum atomic E-state index is 6.12. The Balaban J connectivity index is 1.49. The zero-order chi connectivity index (χ0) is 17.9. The first-order valence-electron chi connectivity index (χ1n) is 10.2. The molecule has 2 aliphatic carbocycles. The normalized spacial score (nSPS) is 23.9. The van der Waals surface area contributed by atoms with E-state index in [1.807, 2.05) is 6.33 Å². The summed E-state index contributed by atoms with van der Waals surface area (Å²) in [5, 5.41) is 0. The van der Waals surface area contributed by atoms with Gasteiger partial charge in [-0.15, -0.1) is 0 Å². The van der Waals surface area contributed by atoms with Crippen LogP contribution in [0, 0.1) is 23.7 Å². The SMILES string of the molecule is CCC1CCC(CC#Cc2nc(N)c3ncn(C4CCCC4)c3n2)CC1. The van der Waals surface area contributed by atoms with Crippen LogP contribution < -0.4 is 5.73 Å². The lowest BCUT2D eigenvalue weighted by Crippen LogP contribution is -2.13. The Hall–Kier alpha value is -2.09. The Kier molecular flexibility index (Phi) is 5.10. The van der Waals surface area contributed by atoms with Gasteiger partial charge in [-0.2, -0.15) is 0 Å². The minimum Gasteiger partial charge on any atom is -0.382 e. The number of anilines is 1. The number of nitrogens with zero attached hydrogens (tertiary/aromatic N) is 4. The zero-order valence-corrected chi connectivity index (χ0v) is 15.7. The van der Waals surface area contributed by atoms with Crippen molar-refractivity contribution in [3.05, 3.63) is 12.2 Å². The summed E-state index contributed by atoms with van der Waals surface area (Å²) in [5.74, 6) is 9.13. The van der Waals surface area contributed by atoms with E-state index in [2.05, 4.69) is 38.3 Å². The molecule has 5 nitrogen and oxygen atoms in total. The standard InChI is InChI=1S/C21H29N5/c1-2-15-10-12-16(13-11-15)6-5-9-18-24-20(22)19-21(25-18)26(14-23-19)17-7-3-4-8-17/h14-17H,2-4,6-8,10-13H2,1H3,(H2,22,24,25). The van der Waals surface area contributed by atoms with Crippen molar-refractivity contribution in [2.24, 2.45) is 11.8 Å². The number of fused-ring (bicyclic) bond motifs is 1. The minimum absolute atomic E-state index is 0.444. The number of hydrogen-bond acceptors (Lipinski definition) is 4. The molecule has 138 valence electrons. The Bertz CT molecular complexity index is 814. The van der Waals surface area contributed by atoms with Crippen LogP contribution in [0.25, 0.3) is 11.2 Å². The van der Waals surface area contributed by atoms with Crippen LogP contribution in [0.1, 0.15) is 83.0 Å². The molecule has 0 unspecified atom stereocenters. The molecular weight excluding hydrogens is 322 g/mol. The molecule has 2 aromatic heterocycles. The van der Waals surface area contributed by atoms with Crippen LogP contribution in [0.5, 0.6) is 0 Å². The van der Waals surface area contributed by atoms with Gasteiger partial charge in [0, 0.05) is 12.5 Å². The van der Waals surface area contributed by atoms with Crippen LogP contribution in [0.15, 0.2) is 6.33 Å². The summed E-state index contributed by atoms with van der Waals surface area (Å²) in [6, 6.07) is 0.490. The molecule has 2 fully saturated rings. The maximum absolute atomic E-state index is 6.12. The summed E-state index contributed by atoms with van der Waals surface area (Å²) in [6.07, 6.45) is 14.4. The fourth-order valence-corrected chi connectivity index (χ4v) is 4.56. The van der Waals surface area contributed by atoms with E-state index in [0.717, 1.165) is 23.9 Å². The zero-order valence-electron chi connectivity index (χ0n) is 15.7. The quantitative estimate of drug-likeness (QED) is 0.828. The van der Waals surface area contributed by atoms with E-state index >= 15 is 0 Å². The van der Waals surface area contributed by atoms with Gasteiger partial charge >= 0.3 is 0 Å². The number of aromatic nitrogens is 4. The van der Waals surface area contributed by atoms with Gasteiger partial charge in [-0.25, -0.2) is 15.0 Å². The van der Waals surface area contributed by atoms with E-state index in [-0.39, 0.29) is 0 Å². The summed E-state index contributed by atoms with van der Waals surface area (Å²) >= 11 is 0. The van der Waals surface area contributed by atoms with E-state index in [0.29, 0.717) is 23.2 Å². The van der Waals surface area contributed by atoms with Crippen molar-refractivity contribution in [1.82, 2.24) is 19.5 Å². The molecule has 0 spiro atoms. The molecule has 0 aromatic carbocycles. The lowest BCUT2D eigenvalue weighted by atomic mass is 9.80. The fraction of sp³-hybridized carbons (Fsp3) is 0.667. The number of nitrogen functional groups attached to an aromatic ring is 1. The van der Waals surface area contributed by atoms with Gasteiger partial charge < -0.3 is 10.3 Å². The Morgan fingerprint density at radius 1 is 1.08 bits per heavy atom. The van der Waals surface area contributed by atoms with Crippen LogP contribution in [0.2, 0.25) is 0 Å². The molecule has 2 heterocycles. The van der Waals surface area contributed by atoms with Crippen molar-refractivity contribution in [2.75, 3.05) is 5.73 Å². The molecule has 5 heteroatoms. The molecule has 2 N–H and O–H groups in total. The fourth-order valence-electron chi connectivity index (χ4n) is 4.56. The van der Waals surface area contributed by atoms with Gasteiger partial charge in [0.05, 0.1) is 6.33 Å². The third-order valence-corrected chi connectivity index (χ3v) is 6.30. The first-order valence-corrected chi connectivity index (χ1v) is 10.2.